The van der Waals surface area contributed by atoms with Gasteiger partial charge in [0.15, 0.2) is 5.84 Å². The molecule has 1 saturated carbocycles. The molecule has 1 aromatic rings. The SMILES string of the molecule is NC1=NN(N)NC(c2cccc(C(F)(F)F)n2)=C1C1CCC(F)(F)C1. The van der Waals surface area contributed by atoms with Crippen molar-refractivity contribution >= 4 is 11.5 Å². The molecule has 3 rings (SSSR count). The molecule has 1 atom stereocenters. The standard InChI is InChI=1S/C14H15F5N6/c15-13(16)5-4-7(6-13)10-11(23-25(21)24-12(10)20)8-2-1-3-9(22-8)14(17,18)19/h1-3,7,23H,4-6,21H2,(H2,20,24). The molecule has 0 amide bonds. The van der Waals surface area contributed by atoms with Crippen LogP contribution in [0.4, 0.5) is 22.0 Å². The van der Waals surface area contributed by atoms with E-state index in [0.717, 1.165) is 6.07 Å². The van der Waals surface area contributed by atoms with E-state index in [0.29, 0.717) is 5.23 Å². The molecule has 0 spiro atoms. The molecule has 1 fully saturated rings. The first-order chi connectivity index (χ1) is 11.6. The Balaban J connectivity index is 2.09. The van der Waals surface area contributed by atoms with Gasteiger partial charge in [0.25, 0.3) is 0 Å². The summed E-state index contributed by atoms with van der Waals surface area (Å²) in [6, 6.07) is 3.30. The molecule has 1 unspecified atom stereocenters. The van der Waals surface area contributed by atoms with Gasteiger partial charge in [-0.25, -0.2) is 19.6 Å². The van der Waals surface area contributed by atoms with E-state index < -0.39 is 30.1 Å². The van der Waals surface area contributed by atoms with Crippen molar-refractivity contribution < 1.29 is 22.0 Å². The Morgan fingerprint density at radius 3 is 2.60 bits per heavy atom. The normalized spacial score (nSPS) is 23.5. The first kappa shape index (κ1) is 17.4. The Bertz CT molecular complexity index is 741. The summed E-state index contributed by atoms with van der Waals surface area (Å²) in [5, 5.41) is 4.46. The topological polar surface area (TPSA) is 92.6 Å². The molecule has 2 aliphatic rings. The van der Waals surface area contributed by atoms with Crippen molar-refractivity contribution in [3.8, 4) is 0 Å². The summed E-state index contributed by atoms with van der Waals surface area (Å²) in [4.78, 5) is 3.57. The Morgan fingerprint density at radius 1 is 1.28 bits per heavy atom. The maximum absolute atomic E-state index is 13.6. The van der Waals surface area contributed by atoms with Gasteiger partial charge in [0, 0.05) is 18.4 Å². The molecule has 5 N–H and O–H groups in total. The first-order valence-corrected chi connectivity index (χ1v) is 7.39. The Labute approximate surface area is 139 Å². The second-order valence-electron chi connectivity index (χ2n) is 5.93. The van der Waals surface area contributed by atoms with Crippen LogP contribution in [-0.4, -0.2) is 22.0 Å². The van der Waals surface area contributed by atoms with E-state index in [1.807, 2.05) is 0 Å². The summed E-state index contributed by atoms with van der Waals surface area (Å²) in [6.45, 7) is 0. The highest BCUT2D eigenvalue weighted by molar-refractivity contribution is 6.04. The number of nitrogens with one attached hydrogen (secondary N) is 1. The molecule has 0 aromatic carbocycles. The summed E-state index contributed by atoms with van der Waals surface area (Å²) in [5.74, 6) is 1.87. The van der Waals surface area contributed by atoms with Gasteiger partial charge < -0.3 is 5.73 Å². The fraction of sp³-hybridized carbons (Fsp3) is 0.429. The van der Waals surface area contributed by atoms with Crippen LogP contribution in [0.5, 0.6) is 0 Å². The van der Waals surface area contributed by atoms with E-state index in [4.69, 9.17) is 11.6 Å². The zero-order chi connectivity index (χ0) is 18.4. The largest absolute Gasteiger partial charge is 0.433 e. The number of aromatic nitrogens is 1. The lowest BCUT2D eigenvalue weighted by atomic mass is 9.92. The van der Waals surface area contributed by atoms with Gasteiger partial charge in [-0.15, -0.1) is 10.3 Å². The van der Waals surface area contributed by atoms with Crippen molar-refractivity contribution in [1.82, 2.24) is 15.6 Å². The van der Waals surface area contributed by atoms with Crippen LogP contribution >= 0.6 is 0 Å². The Kier molecular flexibility index (Phi) is 4.06. The third-order valence-corrected chi connectivity index (χ3v) is 4.09. The average Bonchev–Trinajstić information content (AvgIpc) is 2.85. The minimum absolute atomic E-state index is 0.0452. The quantitative estimate of drug-likeness (QED) is 0.554. The number of amidine groups is 1. The van der Waals surface area contributed by atoms with Crippen LogP contribution in [0.2, 0.25) is 0 Å². The highest BCUT2D eigenvalue weighted by Gasteiger charge is 2.43. The number of rotatable bonds is 2. The molecule has 11 heteroatoms. The predicted octanol–water partition coefficient (Wildman–Crippen LogP) is 2.21. The summed E-state index contributed by atoms with van der Waals surface area (Å²) in [5.41, 5.74) is 7.40. The lowest BCUT2D eigenvalue weighted by Crippen LogP contribution is -2.46. The van der Waals surface area contributed by atoms with Crippen LogP contribution < -0.4 is 17.0 Å². The minimum Gasteiger partial charge on any atom is -0.382 e. The van der Waals surface area contributed by atoms with Crippen molar-refractivity contribution in [2.24, 2.45) is 22.6 Å². The van der Waals surface area contributed by atoms with Gasteiger partial charge in [-0.1, -0.05) is 6.07 Å². The Morgan fingerprint density at radius 2 is 2.00 bits per heavy atom. The van der Waals surface area contributed by atoms with E-state index in [1.54, 1.807) is 0 Å². The Hall–Kier alpha value is -2.43. The summed E-state index contributed by atoms with van der Waals surface area (Å²) >= 11 is 0. The molecule has 1 aliphatic carbocycles. The van der Waals surface area contributed by atoms with Gasteiger partial charge in [0.1, 0.15) is 5.69 Å². The van der Waals surface area contributed by atoms with Crippen molar-refractivity contribution in [2.45, 2.75) is 31.4 Å². The minimum atomic E-state index is -4.65. The van der Waals surface area contributed by atoms with Crippen molar-refractivity contribution in [1.29, 1.82) is 0 Å². The van der Waals surface area contributed by atoms with Gasteiger partial charge in [0.05, 0.1) is 11.4 Å². The first-order valence-electron chi connectivity index (χ1n) is 7.39. The smallest absolute Gasteiger partial charge is 0.382 e. The van der Waals surface area contributed by atoms with Crippen molar-refractivity contribution in [3.63, 3.8) is 0 Å². The molecule has 0 saturated heterocycles. The van der Waals surface area contributed by atoms with E-state index in [2.05, 4.69) is 15.5 Å². The predicted molar refractivity (Wildman–Crippen MR) is 79.2 cm³/mol. The van der Waals surface area contributed by atoms with Crippen molar-refractivity contribution in [3.05, 3.63) is 35.2 Å². The van der Waals surface area contributed by atoms with E-state index in [1.165, 1.54) is 12.1 Å². The zero-order valence-electron chi connectivity index (χ0n) is 12.8. The molecule has 2 heterocycles. The average molecular weight is 362 g/mol. The number of halogens is 5. The second-order valence-corrected chi connectivity index (χ2v) is 5.93. The maximum atomic E-state index is 13.6. The molecule has 25 heavy (non-hydrogen) atoms. The van der Waals surface area contributed by atoms with E-state index >= 15 is 0 Å². The maximum Gasteiger partial charge on any atom is 0.433 e. The van der Waals surface area contributed by atoms with Crippen LogP contribution in [0, 0.1) is 5.92 Å². The van der Waals surface area contributed by atoms with E-state index in [9.17, 15) is 22.0 Å². The third kappa shape index (κ3) is 3.50. The third-order valence-electron chi connectivity index (χ3n) is 4.09. The van der Waals surface area contributed by atoms with Crippen LogP contribution in [0.3, 0.4) is 0 Å². The highest BCUT2D eigenvalue weighted by Crippen LogP contribution is 2.44. The van der Waals surface area contributed by atoms with E-state index in [-0.39, 0.29) is 35.6 Å². The van der Waals surface area contributed by atoms with Gasteiger partial charge in [-0.2, -0.15) is 13.2 Å². The number of hydrogen-bond acceptors (Lipinski definition) is 6. The van der Waals surface area contributed by atoms with Gasteiger partial charge >= 0.3 is 6.18 Å². The summed E-state index contributed by atoms with van der Waals surface area (Å²) in [7, 11) is 0. The molecular weight excluding hydrogens is 347 g/mol. The lowest BCUT2D eigenvalue weighted by Gasteiger charge is -2.28. The lowest BCUT2D eigenvalue weighted by molar-refractivity contribution is -0.141. The van der Waals surface area contributed by atoms with Crippen LogP contribution in [0.15, 0.2) is 28.9 Å². The zero-order valence-corrected chi connectivity index (χ0v) is 12.8. The number of alkyl halides is 5. The number of hydrazine groups is 2. The fourth-order valence-corrected chi connectivity index (χ4v) is 3.03. The van der Waals surface area contributed by atoms with Crippen molar-refractivity contribution in [2.75, 3.05) is 0 Å². The van der Waals surface area contributed by atoms with Crippen LogP contribution in [0.1, 0.15) is 30.7 Å². The molecule has 6 nitrogen and oxygen atoms in total. The number of nitrogens with two attached hydrogens (primary N) is 2. The number of hydrazone groups is 1. The molecule has 1 aromatic heterocycles. The van der Waals surface area contributed by atoms with Gasteiger partial charge in [0.2, 0.25) is 5.92 Å². The van der Waals surface area contributed by atoms with Crippen LogP contribution in [0.25, 0.3) is 5.70 Å². The number of pyridine rings is 1. The molecule has 136 valence electrons. The molecule has 1 aliphatic heterocycles. The number of nitrogens with zero attached hydrogens (tertiary/aromatic N) is 3. The molecular formula is C14H15F5N6. The highest BCUT2D eigenvalue weighted by atomic mass is 19.4. The second kappa shape index (κ2) is 5.83. The summed E-state index contributed by atoms with van der Waals surface area (Å²) < 4.78 is 65.9. The molecule has 0 radical (unpaired) electrons. The fourth-order valence-electron chi connectivity index (χ4n) is 3.03. The summed E-state index contributed by atoms with van der Waals surface area (Å²) in [6.07, 6.45) is -5.31. The van der Waals surface area contributed by atoms with Gasteiger partial charge in [-0.3, -0.25) is 5.43 Å². The molecule has 0 bridgehead atoms. The van der Waals surface area contributed by atoms with Gasteiger partial charge in [-0.05, 0) is 24.5 Å². The van der Waals surface area contributed by atoms with Crippen LogP contribution in [-0.2, 0) is 6.18 Å². The monoisotopic (exact) mass is 362 g/mol. The number of hydrogen-bond donors (Lipinski definition) is 3.